The van der Waals surface area contributed by atoms with E-state index >= 15 is 0 Å². The molecule has 0 spiro atoms. The van der Waals surface area contributed by atoms with Gasteiger partial charge in [0.25, 0.3) is 0 Å². The number of rotatable bonds is 3. The summed E-state index contributed by atoms with van der Waals surface area (Å²) >= 11 is 6.09. The minimum atomic E-state index is -1.06. The van der Waals surface area contributed by atoms with E-state index in [0.717, 1.165) is 11.3 Å². The van der Waals surface area contributed by atoms with Crippen molar-refractivity contribution >= 4 is 28.9 Å². The number of carbonyl (C=O) groups is 1. The van der Waals surface area contributed by atoms with E-state index in [9.17, 15) is 4.79 Å². The summed E-state index contributed by atoms with van der Waals surface area (Å²) in [6.45, 7) is 1.95. The second-order valence-electron chi connectivity index (χ2n) is 3.84. The Morgan fingerprint density at radius 2 is 2.11 bits per heavy atom. The number of nitrogens with one attached hydrogen (secondary N) is 1. The van der Waals surface area contributed by atoms with Crippen LogP contribution in [0.4, 0.5) is 11.4 Å². The number of benzene rings is 1. The van der Waals surface area contributed by atoms with Gasteiger partial charge in [-0.2, -0.15) is 0 Å². The number of carboxylic acids is 1. The number of aromatic nitrogens is 1. The van der Waals surface area contributed by atoms with Crippen LogP contribution in [0.5, 0.6) is 0 Å². The topological polar surface area (TPSA) is 62.2 Å². The summed E-state index contributed by atoms with van der Waals surface area (Å²) < 4.78 is 0. The van der Waals surface area contributed by atoms with E-state index in [1.54, 1.807) is 6.07 Å². The van der Waals surface area contributed by atoms with E-state index in [1.165, 1.54) is 12.3 Å². The third-order valence-electron chi connectivity index (χ3n) is 2.38. The highest BCUT2D eigenvalue weighted by atomic mass is 35.5. The van der Waals surface area contributed by atoms with Gasteiger partial charge in [0.2, 0.25) is 0 Å². The molecule has 2 rings (SSSR count). The first kappa shape index (κ1) is 12.4. The first-order chi connectivity index (χ1) is 8.56. The highest BCUT2D eigenvalue weighted by Gasteiger charge is 2.06. The van der Waals surface area contributed by atoms with Crippen LogP contribution in [0.2, 0.25) is 5.02 Å². The Bertz CT molecular complexity index is 599. The van der Waals surface area contributed by atoms with Gasteiger partial charge >= 0.3 is 5.97 Å². The molecule has 2 N–H and O–H groups in total. The summed E-state index contributed by atoms with van der Waals surface area (Å²) in [7, 11) is 0. The lowest BCUT2D eigenvalue weighted by Gasteiger charge is -2.09. The van der Waals surface area contributed by atoms with Crippen LogP contribution in [0, 0.1) is 6.92 Å². The van der Waals surface area contributed by atoms with Gasteiger partial charge in [0.1, 0.15) is 5.69 Å². The van der Waals surface area contributed by atoms with Crippen molar-refractivity contribution in [3.8, 4) is 0 Å². The molecule has 0 fully saturated rings. The van der Waals surface area contributed by atoms with Crippen LogP contribution in [0.25, 0.3) is 0 Å². The summed E-state index contributed by atoms with van der Waals surface area (Å²) in [5, 5.41) is 12.5. The molecule has 0 aliphatic heterocycles. The van der Waals surface area contributed by atoms with E-state index in [2.05, 4.69) is 10.3 Å². The number of carboxylic acid groups (broad SMARTS) is 1. The quantitative estimate of drug-likeness (QED) is 0.889. The van der Waals surface area contributed by atoms with Crippen molar-refractivity contribution in [2.24, 2.45) is 0 Å². The molecule has 0 bridgehead atoms. The third-order valence-corrected chi connectivity index (χ3v) is 2.70. The summed E-state index contributed by atoms with van der Waals surface area (Å²) in [5.74, 6) is -1.06. The number of aryl methyl sites for hydroxylation is 1. The van der Waals surface area contributed by atoms with Crippen LogP contribution in [-0.2, 0) is 0 Å². The maximum Gasteiger partial charge on any atom is 0.354 e. The van der Waals surface area contributed by atoms with Gasteiger partial charge < -0.3 is 10.4 Å². The van der Waals surface area contributed by atoms with Gasteiger partial charge in [-0.15, -0.1) is 0 Å². The molecule has 1 heterocycles. The normalized spacial score (nSPS) is 10.1. The molecular weight excluding hydrogens is 252 g/mol. The van der Waals surface area contributed by atoms with Crippen LogP contribution in [0.3, 0.4) is 0 Å². The molecule has 0 saturated carbocycles. The van der Waals surface area contributed by atoms with Crippen LogP contribution in [0.1, 0.15) is 16.1 Å². The molecule has 1 aromatic heterocycles. The SMILES string of the molecule is Cc1ccc(Nc2ccnc(C(=O)O)c2)c(Cl)c1. The zero-order valence-corrected chi connectivity index (χ0v) is 10.4. The molecule has 5 heteroatoms. The van der Waals surface area contributed by atoms with Gasteiger partial charge in [-0.1, -0.05) is 17.7 Å². The molecule has 4 nitrogen and oxygen atoms in total. The van der Waals surface area contributed by atoms with E-state index < -0.39 is 5.97 Å². The van der Waals surface area contributed by atoms with E-state index in [1.807, 2.05) is 25.1 Å². The Kier molecular flexibility index (Phi) is 3.48. The predicted molar refractivity (Wildman–Crippen MR) is 70.7 cm³/mol. The molecule has 92 valence electrons. The Balaban J connectivity index is 2.28. The van der Waals surface area contributed by atoms with E-state index in [-0.39, 0.29) is 5.69 Å². The highest BCUT2D eigenvalue weighted by Crippen LogP contribution is 2.26. The van der Waals surface area contributed by atoms with Crippen molar-refractivity contribution in [3.63, 3.8) is 0 Å². The second kappa shape index (κ2) is 5.06. The van der Waals surface area contributed by atoms with Gasteiger partial charge in [0.05, 0.1) is 10.7 Å². The fourth-order valence-electron chi connectivity index (χ4n) is 1.50. The Morgan fingerprint density at radius 1 is 1.33 bits per heavy atom. The number of hydrogen-bond acceptors (Lipinski definition) is 3. The minimum absolute atomic E-state index is 0.0109. The molecule has 0 amide bonds. The number of nitrogens with zero attached hydrogens (tertiary/aromatic N) is 1. The van der Waals surface area contributed by atoms with Gasteiger partial charge in [-0.25, -0.2) is 9.78 Å². The third kappa shape index (κ3) is 2.78. The van der Waals surface area contributed by atoms with Crippen molar-refractivity contribution in [3.05, 3.63) is 52.8 Å². The number of halogens is 1. The van der Waals surface area contributed by atoms with Crippen LogP contribution >= 0.6 is 11.6 Å². The standard InChI is InChI=1S/C13H11ClN2O2/c1-8-2-3-11(10(14)6-8)16-9-4-5-15-12(7-9)13(17)18/h2-7H,1H3,(H,15,16)(H,17,18). The highest BCUT2D eigenvalue weighted by molar-refractivity contribution is 6.33. The van der Waals surface area contributed by atoms with Gasteiger partial charge in [0, 0.05) is 11.9 Å². The monoisotopic (exact) mass is 262 g/mol. The fourth-order valence-corrected chi connectivity index (χ4v) is 1.78. The van der Waals surface area contributed by atoms with Crippen LogP contribution in [-0.4, -0.2) is 16.1 Å². The average Bonchev–Trinajstić information content (AvgIpc) is 2.33. The second-order valence-corrected chi connectivity index (χ2v) is 4.25. The average molecular weight is 263 g/mol. The lowest BCUT2D eigenvalue weighted by Crippen LogP contribution is -2.01. The molecule has 0 saturated heterocycles. The molecule has 18 heavy (non-hydrogen) atoms. The lowest BCUT2D eigenvalue weighted by molar-refractivity contribution is 0.0690. The molecule has 0 radical (unpaired) electrons. The zero-order chi connectivity index (χ0) is 13.1. The van der Waals surface area contributed by atoms with Crippen molar-refractivity contribution < 1.29 is 9.90 Å². The molecule has 2 aromatic rings. The Hall–Kier alpha value is -2.07. The number of anilines is 2. The molecular formula is C13H11ClN2O2. The van der Waals surface area contributed by atoms with Crippen molar-refractivity contribution in [1.29, 1.82) is 0 Å². The smallest absolute Gasteiger partial charge is 0.354 e. The molecule has 0 atom stereocenters. The van der Waals surface area contributed by atoms with Crippen molar-refractivity contribution in [2.75, 3.05) is 5.32 Å². The van der Waals surface area contributed by atoms with Crippen molar-refractivity contribution in [1.82, 2.24) is 4.98 Å². The van der Waals surface area contributed by atoms with Gasteiger partial charge in [-0.3, -0.25) is 0 Å². The first-order valence-electron chi connectivity index (χ1n) is 5.29. The zero-order valence-electron chi connectivity index (χ0n) is 9.64. The maximum absolute atomic E-state index is 10.8. The Labute approximate surface area is 109 Å². The minimum Gasteiger partial charge on any atom is -0.477 e. The summed E-state index contributed by atoms with van der Waals surface area (Å²) in [5.41, 5.74) is 2.41. The number of hydrogen-bond donors (Lipinski definition) is 2. The predicted octanol–water partition coefficient (Wildman–Crippen LogP) is 3.49. The molecule has 0 aliphatic rings. The lowest BCUT2D eigenvalue weighted by atomic mass is 10.2. The fraction of sp³-hybridized carbons (Fsp3) is 0.0769. The largest absolute Gasteiger partial charge is 0.477 e. The van der Waals surface area contributed by atoms with E-state index in [4.69, 9.17) is 16.7 Å². The Morgan fingerprint density at radius 3 is 2.78 bits per heavy atom. The number of aromatic carboxylic acids is 1. The van der Waals surface area contributed by atoms with Crippen LogP contribution in [0.15, 0.2) is 36.5 Å². The maximum atomic E-state index is 10.8. The number of pyridine rings is 1. The van der Waals surface area contributed by atoms with Crippen LogP contribution < -0.4 is 5.32 Å². The molecule has 0 aliphatic carbocycles. The van der Waals surface area contributed by atoms with Crippen molar-refractivity contribution in [2.45, 2.75) is 6.92 Å². The first-order valence-corrected chi connectivity index (χ1v) is 5.66. The van der Waals surface area contributed by atoms with Gasteiger partial charge in [0.15, 0.2) is 0 Å². The summed E-state index contributed by atoms with van der Waals surface area (Å²) in [6, 6.07) is 8.75. The molecule has 1 aromatic carbocycles. The summed E-state index contributed by atoms with van der Waals surface area (Å²) in [6.07, 6.45) is 1.44. The van der Waals surface area contributed by atoms with E-state index in [0.29, 0.717) is 10.7 Å². The molecule has 0 unspecified atom stereocenters. The summed E-state index contributed by atoms with van der Waals surface area (Å²) in [4.78, 5) is 14.5. The van der Waals surface area contributed by atoms with Gasteiger partial charge in [-0.05, 0) is 36.8 Å².